The number of H-pyrrole nitrogens is 2. The van der Waals surface area contributed by atoms with Gasteiger partial charge in [-0.25, -0.2) is 14.8 Å². The van der Waals surface area contributed by atoms with Gasteiger partial charge in [0.05, 0.1) is 18.9 Å². The van der Waals surface area contributed by atoms with Gasteiger partial charge in [-0.2, -0.15) is 0 Å². The van der Waals surface area contributed by atoms with E-state index in [1.807, 2.05) is 42.3 Å². The van der Waals surface area contributed by atoms with E-state index < -0.39 is 65.8 Å². The third kappa shape index (κ3) is 12.9. The number of urea groups is 1. The molecule has 5 atom stereocenters. The Morgan fingerprint density at radius 1 is 0.915 bits per heavy atom. The van der Waals surface area contributed by atoms with E-state index >= 15 is 0 Å². The maximum atomic E-state index is 13.9. The average Bonchev–Trinajstić information content (AvgIpc) is 3.89. The summed E-state index contributed by atoms with van der Waals surface area (Å²) in [4.78, 5) is 92.8. The summed E-state index contributed by atoms with van der Waals surface area (Å²) in [7, 11) is 1.87. The number of aromatic amines is 2. The number of fused-ring (bicyclic) bond motifs is 1. The van der Waals surface area contributed by atoms with Crippen molar-refractivity contribution in [1.82, 2.24) is 51.6 Å². The lowest BCUT2D eigenvalue weighted by molar-refractivity contribution is -0.133. The number of carbonyl (C=O) groups excluding carboxylic acids is 6. The van der Waals surface area contributed by atoms with Crippen molar-refractivity contribution >= 4 is 46.5 Å². The highest BCUT2D eigenvalue weighted by molar-refractivity contribution is 5.95. The summed E-state index contributed by atoms with van der Waals surface area (Å²) in [6.45, 7) is 2.16. The second-order valence-corrected chi connectivity index (χ2v) is 14.5. The third-order valence-electron chi connectivity index (χ3n) is 9.86. The standard InChI is InChI=1S/C41H52N12O6/c1-26(47-39(57)35(21-28-23-45-32-15-7-6-14-30(28)32)49-38(56)31(42)22-29-24-44-25-46-29)37(55)51-53-19-11-10-18-52(2)17-9-8-16-33(36(43)54)48-40(58)34(50-41(53)59)20-27-12-4-3-5-13-27/h3-7,12-15,23-26,31,33-35,45H,8-9,16-22,42H2,1-2H3,(H2,43,54)(H,44,46)(H,47,57)(H,48,58)(H,49,56)(H,50,59)(H,51,55)/t26-,31-,33?,34+,35+/m0/s1. The Morgan fingerprint density at radius 3 is 2.41 bits per heavy atom. The normalized spacial score (nSPS) is 18.6. The molecule has 3 heterocycles. The number of aromatic nitrogens is 3. The van der Waals surface area contributed by atoms with Crippen molar-refractivity contribution in [2.24, 2.45) is 11.5 Å². The Bertz CT molecular complexity index is 2130. The summed E-state index contributed by atoms with van der Waals surface area (Å²) < 4.78 is 0. The van der Waals surface area contributed by atoms with Gasteiger partial charge in [0.25, 0.3) is 5.91 Å². The molecular formula is C41H52N12O6. The van der Waals surface area contributed by atoms with Gasteiger partial charge in [-0.3, -0.25) is 34.3 Å². The minimum absolute atomic E-state index is 0.0592. The summed E-state index contributed by atoms with van der Waals surface area (Å²) in [5, 5.41) is 12.5. The molecule has 0 spiro atoms. The summed E-state index contributed by atoms with van der Waals surface area (Å²) in [5.41, 5.74) is 17.3. The Kier molecular flexibility index (Phi) is 15.6. The topological polar surface area (TPSA) is 266 Å². The third-order valence-corrected chi connectivity index (χ3v) is 9.86. The van der Waals surface area contributed by atoms with E-state index in [1.165, 1.54) is 13.3 Å². The van der Waals surface area contributed by atoms with E-state index in [0.717, 1.165) is 33.5 Å². The number of nitrogens with two attached hydrogens (primary N) is 2. The molecule has 312 valence electrons. The molecular weight excluding hydrogens is 757 g/mol. The number of nitrogens with zero attached hydrogens (tertiary/aromatic N) is 3. The van der Waals surface area contributed by atoms with Crippen LogP contribution in [0.5, 0.6) is 0 Å². The Hall–Kier alpha value is -6.71. The Balaban J connectivity index is 1.33. The van der Waals surface area contributed by atoms with E-state index in [2.05, 4.69) is 53.5 Å². The first-order valence-corrected chi connectivity index (χ1v) is 19.4. The van der Waals surface area contributed by atoms with Gasteiger partial charge in [-0.15, -0.1) is 0 Å². The molecule has 2 aromatic heterocycles. The summed E-state index contributed by atoms with van der Waals surface area (Å²) in [6.07, 6.45) is 6.68. The van der Waals surface area contributed by atoms with Crippen molar-refractivity contribution in [3.8, 4) is 11.8 Å². The van der Waals surface area contributed by atoms with Crippen LogP contribution < -0.4 is 38.2 Å². The second kappa shape index (κ2) is 21.2. The van der Waals surface area contributed by atoms with Crippen LogP contribution in [0.15, 0.2) is 73.3 Å². The molecule has 11 N–H and O–H groups in total. The molecule has 18 heteroatoms. The number of benzene rings is 2. The van der Waals surface area contributed by atoms with E-state index in [-0.39, 0.29) is 25.8 Å². The molecule has 59 heavy (non-hydrogen) atoms. The Labute approximate surface area is 342 Å². The molecule has 5 rings (SSSR count). The highest BCUT2D eigenvalue weighted by Gasteiger charge is 2.31. The fourth-order valence-corrected chi connectivity index (χ4v) is 6.48. The second-order valence-electron chi connectivity index (χ2n) is 14.5. The number of hydrogen-bond acceptors (Lipinski definition) is 9. The van der Waals surface area contributed by atoms with Crippen LogP contribution >= 0.6 is 0 Å². The lowest BCUT2D eigenvalue weighted by Gasteiger charge is -2.28. The van der Waals surface area contributed by atoms with E-state index in [1.54, 1.807) is 36.7 Å². The number of carbonyl (C=O) groups is 6. The maximum Gasteiger partial charge on any atom is 0.337 e. The molecule has 18 nitrogen and oxygen atoms in total. The zero-order valence-electron chi connectivity index (χ0n) is 33.1. The first kappa shape index (κ1) is 43.4. The van der Waals surface area contributed by atoms with Gasteiger partial charge in [-0.1, -0.05) is 60.4 Å². The van der Waals surface area contributed by atoms with Gasteiger partial charge in [0.2, 0.25) is 23.6 Å². The number of para-hydroxylation sites is 1. The fraction of sp³-hybridized carbons (Fsp3) is 0.390. The molecule has 7 amide bonds. The zero-order valence-corrected chi connectivity index (χ0v) is 33.1. The van der Waals surface area contributed by atoms with E-state index in [4.69, 9.17) is 11.5 Å². The molecule has 1 aliphatic rings. The van der Waals surface area contributed by atoms with Gasteiger partial charge in [0.1, 0.15) is 30.7 Å². The number of amides is 7. The largest absolute Gasteiger partial charge is 0.368 e. The van der Waals surface area contributed by atoms with Crippen LogP contribution in [0.4, 0.5) is 4.79 Å². The van der Waals surface area contributed by atoms with Crippen LogP contribution in [0.25, 0.3) is 10.9 Å². The lowest BCUT2D eigenvalue weighted by Crippen LogP contribution is -2.61. The van der Waals surface area contributed by atoms with Gasteiger partial charge < -0.3 is 42.7 Å². The molecule has 1 aliphatic heterocycles. The number of hydrazine groups is 1. The molecule has 0 radical (unpaired) electrons. The van der Waals surface area contributed by atoms with Crippen LogP contribution in [0, 0.1) is 11.8 Å². The van der Waals surface area contributed by atoms with Crippen molar-refractivity contribution in [3.05, 3.63) is 90.1 Å². The van der Waals surface area contributed by atoms with Crippen molar-refractivity contribution in [3.63, 3.8) is 0 Å². The number of primary amides is 1. The minimum Gasteiger partial charge on any atom is -0.368 e. The summed E-state index contributed by atoms with van der Waals surface area (Å²) >= 11 is 0. The zero-order chi connectivity index (χ0) is 42.3. The number of rotatable bonds is 13. The first-order chi connectivity index (χ1) is 28.4. The predicted octanol–water partition coefficient (Wildman–Crippen LogP) is -0.264. The monoisotopic (exact) mass is 808 g/mol. The quantitative estimate of drug-likeness (QED) is 0.0805. The Morgan fingerprint density at radius 2 is 1.66 bits per heavy atom. The van der Waals surface area contributed by atoms with Crippen LogP contribution in [0.2, 0.25) is 0 Å². The summed E-state index contributed by atoms with van der Waals surface area (Å²) in [6, 6.07) is 10.1. The average molecular weight is 809 g/mol. The molecule has 4 aromatic rings. The highest BCUT2D eigenvalue weighted by atomic mass is 16.2. The van der Waals surface area contributed by atoms with Crippen LogP contribution in [-0.4, -0.2) is 117 Å². The van der Waals surface area contributed by atoms with Crippen molar-refractivity contribution in [2.45, 2.75) is 75.7 Å². The number of imidazole rings is 1. The molecule has 0 aliphatic carbocycles. The van der Waals surface area contributed by atoms with Crippen molar-refractivity contribution in [1.29, 1.82) is 0 Å². The molecule has 0 fully saturated rings. The molecule has 0 saturated carbocycles. The van der Waals surface area contributed by atoms with Crippen molar-refractivity contribution in [2.75, 3.05) is 26.7 Å². The summed E-state index contributed by atoms with van der Waals surface area (Å²) in [5.74, 6) is 2.52. The number of hydrogen-bond donors (Lipinski definition) is 9. The van der Waals surface area contributed by atoms with Gasteiger partial charge in [-0.05, 0) is 57.0 Å². The molecule has 1 unspecified atom stereocenters. The van der Waals surface area contributed by atoms with Crippen LogP contribution in [0.3, 0.4) is 0 Å². The lowest BCUT2D eigenvalue weighted by atomic mass is 10.0. The van der Waals surface area contributed by atoms with E-state index in [0.29, 0.717) is 31.6 Å². The highest BCUT2D eigenvalue weighted by Crippen LogP contribution is 2.19. The minimum atomic E-state index is -1.23. The maximum absolute atomic E-state index is 13.9. The SMILES string of the molecule is C[C@H](NC(=O)[C@@H](Cc1c[nH]c2ccccc12)NC(=O)[C@@H](N)Cc1cnc[nH]1)C(=O)NN1CC#CCN(C)CCCCC(C(N)=O)NC(=O)[C@@H](Cc2ccccc2)NC1=O. The predicted molar refractivity (Wildman–Crippen MR) is 219 cm³/mol. The molecule has 2 aromatic carbocycles. The van der Waals surface area contributed by atoms with Gasteiger partial charge >= 0.3 is 6.03 Å². The smallest absolute Gasteiger partial charge is 0.337 e. The van der Waals surface area contributed by atoms with Crippen molar-refractivity contribution < 1.29 is 28.8 Å². The first-order valence-electron chi connectivity index (χ1n) is 19.4. The fourth-order valence-electron chi connectivity index (χ4n) is 6.48. The van der Waals surface area contributed by atoms with Crippen LogP contribution in [0.1, 0.15) is 43.0 Å². The van der Waals surface area contributed by atoms with Gasteiger partial charge in [0.15, 0.2) is 0 Å². The van der Waals surface area contributed by atoms with Crippen LogP contribution in [-0.2, 0) is 43.2 Å². The molecule has 0 bridgehead atoms. The number of nitrogens with one attached hydrogen (secondary N) is 7. The van der Waals surface area contributed by atoms with Gasteiger partial charge in [0, 0.05) is 48.3 Å². The molecule has 0 saturated heterocycles. The van der Waals surface area contributed by atoms with E-state index in [9.17, 15) is 28.8 Å².